The maximum atomic E-state index is 12.5. The minimum absolute atomic E-state index is 0.0118. The van der Waals surface area contributed by atoms with Gasteiger partial charge in [0.2, 0.25) is 0 Å². The van der Waals surface area contributed by atoms with E-state index in [0.29, 0.717) is 5.69 Å². The molecule has 0 aliphatic carbocycles. The third-order valence-electron chi connectivity index (χ3n) is 2.29. The smallest absolute Gasteiger partial charge is 0.381 e. The van der Waals surface area contributed by atoms with Crippen LogP contribution in [-0.2, 0) is 6.18 Å². The van der Waals surface area contributed by atoms with Crippen molar-refractivity contribution < 1.29 is 13.2 Å². The Balaban J connectivity index is 2.98. The Hall–Kier alpha value is -1.35. The van der Waals surface area contributed by atoms with Gasteiger partial charge in [-0.2, -0.15) is 30.2 Å². The first-order valence-corrected chi connectivity index (χ1v) is 6.64. The third-order valence-corrected chi connectivity index (χ3v) is 3.12. The zero-order valence-corrected chi connectivity index (χ0v) is 10.8. The Labute approximate surface area is 108 Å². The van der Waals surface area contributed by atoms with Crippen molar-refractivity contribution in [3.05, 3.63) is 29.3 Å². The molecular formula is C12H13F3N2S. The first-order chi connectivity index (χ1) is 8.38. The Morgan fingerprint density at radius 2 is 2.11 bits per heavy atom. The molecule has 0 aliphatic rings. The number of hydrogen-bond donors (Lipinski definition) is 1. The van der Waals surface area contributed by atoms with E-state index in [-0.39, 0.29) is 11.6 Å². The normalized spacial score (nSPS) is 12.9. The van der Waals surface area contributed by atoms with Gasteiger partial charge in [-0.3, -0.25) is 0 Å². The van der Waals surface area contributed by atoms with Crippen LogP contribution in [0.15, 0.2) is 18.2 Å². The molecule has 0 bridgehead atoms. The first kappa shape index (κ1) is 14.7. The van der Waals surface area contributed by atoms with Gasteiger partial charge < -0.3 is 5.32 Å². The van der Waals surface area contributed by atoms with E-state index in [4.69, 9.17) is 5.26 Å². The van der Waals surface area contributed by atoms with E-state index in [1.165, 1.54) is 6.07 Å². The van der Waals surface area contributed by atoms with Gasteiger partial charge in [0.25, 0.3) is 0 Å². The van der Waals surface area contributed by atoms with Gasteiger partial charge >= 0.3 is 6.18 Å². The number of nitrogens with zero attached hydrogens (tertiary/aromatic N) is 1. The summed E-state index contributed by atoms with van der Waals surface area (Å²) in [7, 11) is 0. The van der Waals surface area contributed by atoms with Crippen molar-refractivity contribution in [3.8, 4) is 6.07 Å². The minimum atomic E-state index is -4.42. The molecule has 1 N–H and O–H groups in total. The summed E-state index contributed by atoms with van der Waals surface area (Å²) in [5.74, 6) is 0.811. The predicted octanol–water partition coefficient (Wildman–Crippen LogP) is 3.74. The van der Waals surface area contributed by atoms with Crippen LogP contribution in [0.2, 0.25) is 0 Å². The highest BCUT2D eigenvalue weighted by molar-refractivity contribution is 7.98. The molecule has 1 rings (SSSR count). The van der Waals surface area contributed by atoms with Crippen LogP contribution in [0.5, 0.6) is 0 Å². The Kier molecular flexibility index (Phi) is 4.91. The average molecular weight is 274 g/mol. The molecule has 0 spiro atoms. The molecule has 0 fully saturated rings. The summed E-state index contributed by atoms with van der Waals surface area (Å²) in [4.78, 5) is 0. The van der Waals surface area contributed by atoms with E-state index in [9.17, 15) is 13.2 Å². The van der Waals surface area contributed by atoms with E-state index in [2.05, 4.69) is 5.32 Å². The zero-order valence-electron chi connectivity index (χ0n) is 10.0. The molecule has 0 aromatic heterocycles. The van der Waals surface area contributed by atoms with Crippen LogP contribution in [0, 0.1) is 11.3 Å². The summed E-state index contributed by atoms with van der Waals surface area (Å²) >= 11 is 1.62. The summed E-state index contributed by atoms with van der Waals surface area (Å²) in [5.41, 5.74) is -0.355. The second kappa shape index (κ2) is 6.01. The number of nitriles is 1. The number of benzene rings is 1. The predicted molar refractivity (Wildman–Crippen MR) is 67.6 cm³/mol. The SMILES string of the molecule is CSCC(C)Nc1ccc(C(F)(F)F)cc1C#N. The van der Waals surface area contributed by atoms with E-state index in [1.807, 2.05) is 13.2 Å². The number of halogens is 3. The zero-order chi connectivity index (χ0) is 13.8. The molecule has 0 saturated carbocycles. The van der Waals surface area contributed by atoms with Crippen molar-refractivity contribution in [1.82, 2.24) is 0 Å². The lowest BCUT2D eigenvalue weighted by atomic mass is 10.1. The van der Waals surface area contributed by atoms with Crippen LogP contribution in [0.4, 0.5) is 18.9 Å². The molecule has 1 aromatic rings. The number of nitrogens with one attached hydrogen (secondary N) is 1. The van der Waals surface area contributed by atoms with E-state index in [1.54, 1.807) is 17.8 Å². The highest BCUT2D eigenvalue weighted by atomic mass is 32.2. The molecule has 0 amide bonds. The lowest BCUT2D eigenvalue weighted by Crippen LogP contribution is -2.18. The summed E-state index contributed by atoms with van der Waals surface area (Å²) in [6, 6.07) is 5.03. The van der Waals surface area contributed by atoms with E-state index < -0.39 is 11.7 Å². The van der Waals surface area contributed by atoms with Crippen LogP contribution < -0.4 is 5.32 Å². The molecular weight excluding hydrogens is 261 g/mol. The first-order valence-electron chi connectivity index (χ1n) is 5.25. The second-order valence-electron chi connectivity index (χ2n) is 3.87. The fourth-order valence-corrected chi connectivity index (χ4v) is 2.08. The molecule has 1 atom stereocenters. The van der Waals surface area contributed by atoms with Crippen molar-refractivity contribution in [2.45, 2.75) is 19.1 Å². The van der Waals surface area contributed by atoms with Gasteiger partial charge in [0, 0.05) is 11.8 Å². The quantitative estimate of drug-likeness (QED) is 0.908. The van der Waals surface area contributed by atoms with Gasteiger partial charge in [0.15, 0.2) is 0 Å². The standard InChI is InChI=1S/C12H13F3N2S/c1-8(7-18-2)17-11-4-3-10(12(13,14)15)5-9(11)6-16/h3-5,8,17H,7H2,1-2H3. The van der Waals surface area contributed by atoms with Gasteiger partial charge in [0.05, 0.1) is 16.8 Å². The van der Waals surface area contributed by atoms with Crippen molar-refractivity contribution in [1.29, 1.82) is 5.26 Å². The van der Waals surface area contributed by atoms with Crippen molar-refractivity contribution in [3.63, 3.8) is 0 Å². The highest BCUT2D eigenvalue weighted by Crippen LogP contribution is 2.31. The third kappa shape index (κ3) is 3.84. The average Bonchev–Trinajstić information content (AvgIpc) is 2.28. The number of alkyl halides is 3. The van der Waals surface area contributed by atoms with Gasteiger partial charge in [-0.1, -0.05) is 0 Å². The second-order valence-corrected chi connectivity index (χ2v) is 4.78. The molecule has 18 heavy (non-hydrogen) atoms. The van der Waals surface area contributed by atoms with E-state index in [0.717, 1.165) is 17.9 Å². The molecule has 1 unspecified atom stereocenters. The Morgan fingerprint density at radius 1 is 1.44 bits per heavy atom. The van der Waals surface area contributed by atoms with Crippen molar-refractivity contribution >= 4 is 17.4 Å². The van der Waals surface area contributed by atoms with Crippen LogP contribution >= 0.6 is 11.8 Å². The highest BCUT2D eigenvalue weighted by Gasteiger charge is 2.31. The maximum Gasteiger partial charge on any atom is 0.416 e. The number of anilines is 1. The van der Waals surface area contributed by atoms with Crippen molar-refractivity contribution in [2.75, 3.05) is 17.3 Å². The largest absolute Gasteiger partial charge is 0.416 e. The van der Waals surface area contributed by atoms with Gasteiger partial charge in [-0.05, 0) is 31.4 Å². The fourth-order valence-electron chi connectivity index (χ4n) is 1.50. The summed E-state index contributed by atoms with van der Waals surface area (Å²) < 4.78 is 37.5. The van der Waals surface area contributed by atoms with Gasteiger partial charge in [-0.25, -0.2) is 0 Å². The summed E-state index contributed by atoms with van der Waals surface area (Å²) in [5, 5.41) is 11.9. The Morgan fingerprint density at radius 3 is 2.61 bits per heavy atom. The molecule has 2 nitrogen and oxygen atoms in total. The van der Waals surface area contributed by atoms with Crippen molar-refractivity contribution in [2.24, 2.45) is 0 Å². The molecule has 1 aromatic carbocycles. The van der Waals surface area contributed by atoms with Crippen LogP contribution in [0.25, 0.3) is 0 Å². The molecule has 6 heteroatoms. The molecule has 0 heterocycles. The Bertz CT molecular complexity index is 452. The fraction of sp³-hybridized carbons (Fsp3) is 0.417. The summed E-state index contributed by atoms with van der Waals surface area (Å²) in [6.07, 6.45) is -2.48. The van der Waals surface area contributed by atoms with Gasteiger partial charge in [0.1, 0.15) is 6.07 Å². The van der Waals surface area contributed by atoms with Crippen LogP contribution in [0.3, 0.4) is 0 Å². The number of thioether (sulfide) groups is 1. The number of hydrogen-bond acceptors (Lipinski definition) is 3. The molecule has 98 valence electrons. The minimum Gasteiger partial charge on any atom is -0.381 e. The summed E-state index contributed by atoms with van der Waals surface area (Å²) in [6.45, 7) is 1.91. The van der Waals surface area contributed by atoms with E-state index >= 15 is 0 Å². The lowest BCUT2D eigenvalue weighted by molar-refractivity contribution is -0.137. The van der Waals surface area contributed by atoms with Crippen LogP contribution in [0.1, 0.15) is 18.1 Å². The number of rotatable bonds is 4. The molecule has 0 saturated heterocycles. The topological polar surface area (TPSA) is 35.8 Å². The molecule has 0 radical (unpaired) electrons. The maximum absolute atomic E-state index is 12.5. The molecule has 0 aliphatic heterocycles. The monoisotopic (exact) mass is 274 g/mol. The lowest BCUT2D eigenvalue weighted by Gasteiger charge is -2.16. The van der Waals surface area contributed by atoms with Crippen LogP contribution in [-0.4, -0.2) is 18.1 Å². The van der Waals surface area contributed by atoms with Gasteiger partial charge in [-0.15, -0.1) is 0 Å².